The maximum absolute atomic E-state index is 11.6. The topological polar surface area (TPSA) is 143 Å². The van der Waals surface area contributed by atoms with E-state index < -0.39 is 18.1 Å². The molecular weight excluding hydrogens is 380 g/mol. The van der Waals surface area contributed by atoms with Crippen LogP contribution in [0.25, 0.3) is 0 Å². The van der Waals surface area contributed by atoms with Crippen LogP contribution in [0, 0.1) is 0 Å². The predicted octanol–water partition coefficient (Wildman–Crippen LogP) is -0.171. The number of piperidine rings is 1. The standard InChI is InChI=1S/C19H32N4O6/c1-3-28-19(27)21-6-8-29-14-5-4-7-23(11-14)16-10-13(18(25)26)9-15(20)17(16)22-12(2)24/h10,14-17H,3-9,11,20H2,1-2H3,(H,21,27)(H,22,24)(H,25,26)/t14-,15+,16-,17-/m1/s1. The van der Waals surface area contributed by atoms with E-state index in [0.717, 1.165) is 19.4 Å². The molecule has 2 aliphatic rings. The number of carbonyl (C=O) groups excluding carboxylic acids is 2. The minimum Gasteiger partial charge on any atom is -0.478 e. The Bertz CT molecular complexity index is 626. The fourth-order valence-electron chi connectivity index (χ4n) is 3.86. The normalized spacial score (nSPS) is 27.6. The maximum Gasteiger partial charge on any atom is 0.407 e. The van der Waals surface area contributed by atoms with Gasteiger partial charge in [-0.1, -0.05) is 6.08 Å². The van der Waals surface area contributed by atoms with Crippen molar-refractivity contribution in [3.8, 4) is 0 Å². The number of carboxylic acids is 1. The molecule has 2 amide bonds. The minimum absolute atomic E-state index is 0.0504. The highest BCUT2D eigenvalue weighted by Gasteiger charge is 2.38. The van der Waals surface area contributed by atoms with E-state index in [2.05, 4.69) is 15.5 Å². The van der Waals surface area contributed by atoms with E-state index >= 15 is 0 Å². The highest BCUT2D eigenvalue weighted by Crippen LogP contribution is 2.26. The Labute approximate surface area is 170 Å². The number of carbonyl (C=O) groups is 3. The summed E-state index contributed by atoms with van der Waals surface area (Å²) < 4.78 is 10.7. The third-order valence-electron chi connectivity index (χ3n) is 5.13. The van der Waals surface area contributed by atoms with Crippen molar-refractivity contribution in [2.75, 3.05) is 32.8 Å². The van der Waals surface area contributed by atoms with Crippen LogP contribution in [0.15, 0.2) is 11.6 Å². The van der Waals surface area contributed by atoms with Crippen molar-refractivity contribution in [1.29, 1.82) is 0 Å². The molecule has 0 aromatic heterocycles. The third-order valence-corrected chi connectivity index (χ3v) is 5.13. The SMILES string of the molecule is CCOC(=O)NCCO[C@@H]1CCCN([C@@H]2C=C(C(=O)O)C[C@H](N)[C@H]2NC(C)=O)C1. The van der Waals surface area contributed by atoms with Crippen LogP contribution in [-0.4, -0.2) is 85.1 Å². The fourth-order valence-corrected chi connectivity index (χ4v) is 3.86. The van der Waals surface area contributed by atoms with E-state index in [1.807, 2.05) is 0 Å². The summed E-state index contributed by atoms with van der Waals surface area (Å²) in [5.41, 5.74) is 6.48. The van der Waals surface area contributed by atoms with E-state index in [1.165, 1.54) is 6.92 Å². The average Bonchev–Trinajstić information content (AvgIpc) is 2.66. The first-order valence-corrected chi connectivity index (χ1v) is 10.0. The van der Waals surface area contributed by atoms with E-state index in [4.69, 9.17) is 15.2 Å². The Morgan fingerprint density at radius 2 is 2.14 bits per heavy atom. The van der Waals surface area contributed by atoms with Gasteiger partial charge in [-0.15, -0.1) is 0 Å². The van der Waals surface area contributed by atoms with Gasteiger partial charge in [-0.25, -0.2) is 9.59 Å². The Balaban J connectivity index is 1.98. The van der Waals surface area contributed by atoms with Gasteiger partial charge in [0.05, 0.1) is 31.4 Å². The van der Waals surface area contributed by atoms with Crippen LogP contribution in [-0.2, 0) is 19.1 Å². The van der Waals surface area contributed by atoms with Crippen LogP contribution in [0.3, 0.4) is 0 Å². The second kappa shape index (κ2) is 11.1. The van der Waals surface area contributed by atoms with Gasteiger partial charge in [-0.2, -0.15) is 0 Å². The molecule has 0 unspecified atom stereocenters. The first-order valence-electron chi connectivity index (χ1n) is 10.0. The summed E-state index contributed by atoms with van der Waals surface area (Å²) in [5, 5.41) is 14.9. The maximum atomic E-state index is 11.6. The van der Waals surface area contributed by atoms with Crippen LogP contribution in [0.4, 0.5) is 4.79 Å². The lowest BCUT2D eigenvalue weighted by Crippen LogP contribution is -2.62. The number of likely N-dealkylation sites (tertiary alicyclic amines) is 1. The Hall–Kier alpha value is -2.17. The molecule has 1 aliphatic heterocycles. The number of rotatable bonds is 8. The number of aliphatic carboxylic acids is 1. The largest absolute Gasteiger partial charge is 0.478 e. The first kappa shape index (κ1) is 23.1. The molecule has 4 atom stereocenters. The molecule has 164 valence electrons. The highest BCUT2D eigenvalue weighted by molar-refractivity contribution is 5.87. The molecule has 1 heterocycles. The lowest BCUT2D eigenvalue weighted by Gasteiger charge is -2.44. The van der Waals surface area contributed by atoms with Gasteiger partial charge in [0.15, 0.2) is 0 Å². The number of amides is 2. The number of hydrogen-bond acceptors (Lipinski definition) is 7. The number of nitrogens with two attached hydrogens (primary N) is 1. The molecule has 0 saturated carbocycles. The lowest BCUT2D eigenvalue weighted by molar-refractivity contribution is -0.133. The lowest BCUT2D eigenvalue weighted by atomic mass is 9.85. The molecule has 10 heteroatoms. The highest BCUT2D eigenvalue weighted by atomic mass is 16.5. The molecule has 10 nitrogen and oxygen atoms in total. The summed E-state index contributed by atoms with van der Waals surface area (Å²) in [6, 6.07) is -1.15. The number of nitrogens with one attached hydrogen (secondary N) is 2. The van der Waals surface area contributed by atoms with E-state index in [-0.39, 0.29) is 36.1 Å². The molecule has 1 aliphatic carbocycles. The van der Waals surface area contributed by atoms with E-state index in [1.54, 1.807) is 13.0 Å². The third kappa shape index (κ3) is 6.98. The molecule has 2 rings (SSSR count). The smallest absolute Gasteiger partial charge is 0.407 e. The van der Waals surface area contributed by atoms with Crippen LogP contribution < -0.4 is 16.4 Å². The Morgan fingerprint density at radius 3 is 2.79 bits per heavy atom. The number of alkyl carbamates (subject to hydrolysis) is 1. The number of ether oxygens (including phenoxy) is 2. The molecule has 0 aromatic rings. The van der Waals surface area contributed by atoms with Crippen LogP contribution >= 0.6 is 0 Å². The summed E-state index contributed by atoms with van der Waals surface area (Å²) in [6.45, 7) is 5.54. The quantitative estimate of drug-likeness (QED) is 0.402. The van der Waals surface area contributed by atoms with Crippen molar-refractivity contribution in [3.05, 3.63) is 11.6 Å². The summed E-state index contributed by atoms with van der Waals surface area (Å²) in [6.07, 6.45) is 3.15. The van der Waals surface area contributed by atoms with Crippen molar-refractivity contribution in [1.82, 2.24) is 15.5 Å². The zero-order valence-electron chi connectivity index (χ0n) is 17.1. The van der Waals surface area contributed by atoms with Crippen molar-refractivity contribution in [2.24, 2.45) is 5.73 Å². The average molecular weight is 412 g/mol. The van der Waals surface area contributed by atoms with Gasteiger partial charge in [0.25, 0.3) is 0 Å². The number of nitrogens with zero attached hydrogens (tertiary/aromatic N) is 1. The first-order chi connectivity index (χ1) is 13.8. The predicted molar refractivity (Wildman–Crippen MR) is 105 cm³/mol. The second-order valence-electron chi connectivity index (χ2n) is 7.36. The van der Waals surface area contributed by atoms with Gasteiger partial charge in [-0.05, 0) is 32.7 Å². The van der Waals surface area contributed by atoms with Crippen LogP contribution in [0.1, 0.15) is 33.1 Å². The van der Waals surface area contributed by atoms with Crippen molar-refractivity contribution in [2.45, 2.75) is 57.3 Å². The zero-order valence-corrected chi connectivity index (χ0v) is 17.1. The van der Waals surface area contributed by atoms with Crippen LogP contribution in [0.5, 0.6) is 0 Å². The summed E-state index contributed by atoms with van der Waals surface area (Å²) in [4.78, 5) is 36.6. The minimum atomic E-state index is -0.985. The number of carboxylic acid groups (broad SMARTS) is 1. The Kier molecular flexibility index (Phi) is 8.87. The molecule has 0 bridgehead atoms. The van der Waals surface area contributed by atoms with Gasteiger partial charge in [0.2, 0.25) is 5.91 Å². The van der Waals surface area contributed by atoms with Gasteiger partial charge in [0.1, 0.15) is 0 Å². The van der Waals surface area contributed by atoms with Gasteiger partial charge in [-0.3, -0.25) is 9.69 Å². The van der Waals surface area contributed by atoms with Crippen LogP contribution in [0.2, 0.25) is 0 Å². The molecular formula is C19H32N4O6. The molecule has 1 fully saturated rings. The van der Waals surface area contributed by atoms with Crippen molar-refractivity contribution in [3.63, 3.8) is 0 Å². The second-order valence-corrected chi connectivity index (χ2v) is 7.36. The molecule has 29 heavy (non-hydrogen) atoms. The zero-order chi connectivity index (χ0) is 21.4. The number of hydrogen-bond donors (Lipinski definition) is 4. The van der Waals surface area contributed by atoms with Crippen molar-refractivity contribution < 1.29 is 29.0 Å². The summed E-state index contributed by atoms with van der Waals surface area (Å²) >= 11 is 0. The van der Waals surface area contributed by atoms with Gasteiger partial charge >= 0.3 is 12.1 Å². The van der Waals surface area contributed by atoms with Gasteiger partial charge in [0, 0.05) is 31.6 Å². The fraction of sp³-hybridized carbons (Fsp3) is 0.737. The molecule has 1 saturated heterocycles. The monoisotopic (exact) mass is 412 g/mol. The molecule has 5 N–H and O–H groups in total. The molecule has 0 spiro atoms. The summed E-state index contributed by atoms with van der Waals surface area (Å²) in [7, 11) is 0. The van der Waals surface area contributed by atoms with Gasteiger partial charge < -0.3 is 30.9 Å². The van der Waals surface area contributed by atoms with E-state index in [0.29, 0.717) is 26.3 Å². The van der Waals surface area contributed by atoms with Crippen molar-refractivity contribution >= 4 is 18.0 Å². The molecule has 0 aromatic carbocycles. The summed E-state index contributed by atoms with van der Waals surface area (Å²) in [5.74, 6) is -1.18. The van der Waals surface area contributed by atoms with E-state index in [9.17, 15) is 19.5 Å². The molecule has 0 radical (unpaired) electrons. The Morgan fingerprint density at radius 1 is 1.38 bits per heavy atom.